The molecule has 8 nitrogen and oxygen atoms in total. The first-order valence-electron chi connectivity index (χ1n) is 11.3. The highest BCUT2D eigenvalue weighted by molar-refractivity contribution is 7.10. The number of nitrogens with zero attached hydrogens (tertiary/aromatic N) is 3. The molecule has 0 radical (unpaired) electrons. The summed E-state index contributed by atoms with van der Waals surface area (Å²) < 4.78 is 5.54. The van der Waals surface area contributed by atoms with Crippen molar-refractivity contribution < 1.29 is 14.3 Å². The Morgan fingerprint density at radius 3 is 2.45 bits per heavy atom. The molecule has 2 heterocycles. The third kappa shape index (κ3) is 6.69. The van der Waals surface area contributed by atoms with Crippen LogP contribution in [-0.4, -0.2) is 88.1 Å². The number of rotatable bonds is 9. The molecule has 1 saturated heterocycles. The molecule has 0 unspecified atom stereocenters. The third-order valence-electron chi connectivity index (χ3n) is 5.85. The molecule has 1 fully saturated rings. The fraction of sp³-hybridized carbons (Fsp3) is 0.500. The molecule has 9 heteroatoms. The third-order valence-corrected chi connectivity index (χ3v) is 6.79. The van der Waals surface area contributed by atoms with E-state index in [1.807, 2.05) is 50.2 Å². The van der Waals surface area contributed by atoms with Crippen molar-refractivity contribution in [2.75, 3.05) is 65.4 Å². The summed E-state index contributed by atoms with van der Waals surface area (Å²) >= 11 is 1.68. The zero-order chi connectivity index (χ0) is 23.8. The van der Waals surface area contributed by atoms with Crippen LogP contribution < -0.4 is 20.3 Å². The van der Waals surface area contributed by atoms with Gasteiger partial charge >= 0.3 is 11.8 Å². The highest BCUT2D eigenvalue weighted by Crippen LogP contribution is 2.32. The molecule has 2 atom stereocenters. The summed E-state index contributed by atoms with van der Waals surface area (Å²) in [5.41, 5.74) is 1.10. The predicted octanol–water partition coefficient (Wildman–Crippen LogP) is 1.80. The zero-order valence-corrected chi connectivity index (χ0v) is 20.7. The fourth-order valence-corrected chi connectivity index (χ4v) is 5.12. The summed E-state index contributed by atoms with van der Waals surface area (Å²) in [6.07, 6.45) is 0. The maximum atomic E-state index is 12.5. The van der Waals surface area contributed by atoms with Crippen LogP contribution in [-0.2, 0) is 9.59 Å². The van der Waals surface area contributed by atoms with E-state index in [2.05, 4.69) is 37.9 Å². The number of hydrogen-bond acceptors (Lipinski definition) is 7. The van der Waals surface area contributed by atoms with Gasteiger partial charge in [-0.3, -0.25) is 14.5 Å². The molecule has 0 bridgehead atoms. The lowest BCUT2D eigenvalue weighted by Gasteiger charge is -2.42. The Hall–Kier alpha value is -2.62. The van der Waals surface area contributed by atoms with Crippen molar-refractivity contribution in [2.45, 2.75) is 19.0 Å². The molecule has 1 aromatic carbocycles. The molecule has 2 amide bonds. The van der Waals surface area contributed by atoms with Crippen molar-refractivity contribution in [1.29, 1.82) is 0 Å². The Morgan fingerprint density at radius 2 is 1.82 bits per heavy atom. The van der Waals surface area contributed by atoms with E-state index in [0.717, 1.165) is 37.6 Å². The van der Waals surface area contributed by atoms with Crippen LogP contribution in [0.25, 0.3) is 0 Å². The lowest BCUT2D eigenvalue weighted by atomic mass is 10.0. The SMILES string of the molecule is COc1ccccc1N1CCN([C@@H](c2cccs2)[C@H](C)NC(=O)C(=O)NCCN(C)C)CC1. The number of amides is 2. The summed E-state index contributed by atoms with van der Waals surface area (Å²) in [7, 11) is 5.55. The topological polar surface area (TPSA) is 77.1 Å². The summed E-state index contributed by atoms with van der Waals surface area (Å²) in [6, 6.07) is 12.0. The Balaban J connectivity index is 1.64. The van der Waals surface area contributed by atoms with Crippen LogP contribution in [0, 0.1) is 0 Å². The number of carbonyl (C=O) groups excluding carboxylic acids is 2. The van der Waals surface area contributed by atoms with E-state index in [1.165, 1.54) is 4.88 Å². The summed E-state index contributed by atoms with van der Waals surface area (Å²) in [4.78, 5) is 32.6. The number of benzene rings is 1. The van der Waals surface area contributed by atoms with E-state index in [4.69, 9.17) is 4.74 Å². The van der Waals surface area contributed by atoms with Gasteiger partial charge in [0, 0.05) is 50.2 Å². The number of hydrogen-bond donors (Lipinski definition) is 2. The minimum absolute atomic E-state index is 0.00310. The van der Waals surface area contributed by atoms with Crippen molar-refractivity contribution in [2.24, 2.45) is 0 Å². The summed E-state index contributed by atoms with van der Waals surface area (Å²) in [5, 5.41) is 7.67. The largest absolute Gasteiger partial charge is 0.495 e. The molecular formula is C24H35N5O3S. The molecule has 33 heavy (non-hydrogen) atoms. The number of piperazine rings is 1. The Kier molecular flexibility index (Phi) is 9.11. The van der Waals surface area contributed by atoms with Crippen molar-refractivity contribution in [3.63, 3.8) is 0 Å². The number of thiophene rings is 1. The van der Waals surface area contributed by atoms with Gasteiger partial charge in [0.05, 0.1) is 18.8 Å². The van der Waals surface area contributed by atoms with Gasteiger partial charge in [-0.15, -0.1) is 11.3 Å². The van der Waals surface area contributed by atoms with E-state index in [9.17, 15) is 9.59 Å². The van der Waals surface area contributed by atoms with Gasteiger partial charge in [-0.05, 0) is 44.6 Å². The van der Waals surface area contributed by atoms with Gasteiger partial charge in [-0.25, -0.2) is 0 Å². The first-order chi connectivity index (χ1) is 15.9. The normalized spacial score (nSPS) is 16.3. The number of methoxy groups -OCH3 is 1. The average Bonchev–Trinajstić information content (AvgIpc) is 3.33. The lowest BCUT2D eigenvalue weighted by molar-refractivity contribution is -0.139. The molecule has 0 aliphatic carbocycles. The van der Waals surface area contributed by atoms with Gasteiger partial charge < -0.3 is 25.2 Å². The molecule has 2 aromatic rings. The zero-order valence-electron chi connectivity index (χ0n) is 19.9. The maximum absolute atomic E-state index is 12.5. The highest BCUT2D eigenvalue weighted by atomic mass is 32.1. The second kappa shape index (κ2) is 12.0. The van der Waals surface area contributed by atoms with Crippen LogP contribution in [0.2, 0.25) is 0 Å². The second-order valence-corrected chi connectivity index (χ2v) is 9.46. The number of likely N-dealkylation sites (N-methyl/N-ethyl adjacent to an activating group) is 1. The number of para-hydroxylation sites is 2. The van der Waals surface area contributed by atoms with Gasteiger partial charge in [-0.1, -0.05) is 18.2 Å². The number of nitrogens with one attached hydrogen (secondary N) is 2. The van der Waals surface area contributed by atoms with Crippen LogP contribution in [0.5, 0.6) is 5.75 Å². The molecule has 1 aliphatic rings. The Bertz CT molecular complexity index is 897. The van der Waals surface area contributed by atoms with E-state index >= 15 is 0 Å². The molecule has 0 spiro atoms. The van der Waals surface area contributed by atoms with Crippen LogP contribution >= 0.6 is 11.3 Å². The number of ether oxygens (including phenoxy) is 1. The van der Waals surface area contributed by atoms with Crippen molar-refractivity contribution in [1.82, 2.24) is 20.4 Å². The fourth-order valence-electron chi connectivity index (χ4n) is 4.16. The first kappa shape index (κ1) is 25.0. The predicted molar refractivity (Wildman–Crippen MR) is 133 cm³/mol. The van der Waals surface area contributed by atoms with Crippen molar-refractivity contribution >= 4 is 28.8 Å². The quantitative estimate of drug-likeness (QED) is 0.541. The van der Waals surface area contributed by atoms with Gasteiger partial charge in [0.1, 0.15) is 5.75 Å². The van der Waals surface area contributed by atoms with Crippen LogP contribution in [0.15, 0.2) is 41.8 Å². The minimum Gasteiger partial charge on any atom is -0.495 e. The van der Waals surface area contributed by atoms with Gasteiger partial charge in [0.15, 0.2) is 0 Å². The lowest BCUT2D eigenvalue weighted by Crippen LogP contribution is -2.54. The summed E-state index contributed by atoms with van der Waals surface area (Å²) in [5.74, 6) is -0.299. The monoisotopic (exact) mass is 473 g/mol. The van der Waals surface area contributed by atoms with Gasteiger partial charge in [0.25, 0.3) is 0 Å². The van der Waals surface area contributed by atoms with E-state index in [1.54, 1.807) is 18.4 Å². The molecule has 180 valence electrons. The minimum atomic E-state index is -0.588. The highest BCUT2D eigenvalue weighted by Gasteiger charge is 2.32. The van der Waals surface area contributed by atoms with E-state index in [-0.39, 0.29) is 12.1 Å². The Labute approximate surface area is 200 Å². The Morgan fingerprint density at radius 1 is 1.09 bits per heavy atom. The second-order valence-electron chi connectivity index (χ2n) is 8.48. The molecular weight excluding hydrogens is 438 g/mol. The summed E-state index contributed by atoms with van der Waals surface area (Å²) in [6.45, 7) is 6.49. The van der Waals surface area contributed by atoms with Gasteiger partial charge in [0.2, 0.25) is 0 Å². The van der Waals surface area contributed by atoms with Gasteiger partial charge in [-0.2, -0.15) is 0 Å². The smallest absolute Gasteiger partial charge is 0.309 e. The first-order valence-corrected chi connectivity index (χ1v) is 12.2. The molecule has 0 saturated carbocycles. The molecule has 1 aromatic heterocycles. The van der Waals surface area contributed by atoms with Crippen molar-refractivity contribution in [3.8, 4) is 5.75 Å². The van der Waals surface area contributed by atoms with E-state index in [0.29, 0.717) is 13.1 Å². The van der Waals surface area contributed by atoms with Crippen LogP contribution in [0.3, 0.4) is 0 Å². The molecule has 2 N–H and O–H groups in total. The molecule has 1 aliphatic heterocycles. The number of carbonyl (C=O) groups is 2. The molecule has 3 rings (SSSR count). The maximum Gasteiger partial charge on any atom is 0.309 e. The van der Waals surface area contributed by atoms with Crippen LogP contribution in [0.1, 0.15) is 17.8 Å². The van der Waals surface area contributed by atoms with Crippen molar-refractivity contribution in [3.05, 3.63) is 46.7 Å². The van der Waals surface area contributed by atoms with E-state index < -0.39 is 11.8 Å². The standard InChI is InChI=1S/C24H35N5O3S/c1-18(26-24(31)23(30)25-11-12-27(2)3)22(21-10-7-17-33-21)29-15-13-28(14-16-29)19-8-5-6-9-20(19)32-4/h5-10,17-18,22H,11-16H2,1-4H3,(H,25,30)(H,26,31)/t18-,22+/m0/s1. The van der Waals surface area contributed by atoms with Crippen LogP contribution in [0.4, 0.5) is 5.69 Å². The number of anilines is 1. The average molecular weight is 474 g/mol.